The van der Waals surface area contributed by atoms with Gasteiger partial charge in [-0.25, -0.2) is 18.7 Å². The third-order valence-electron chi connectivity index (χ3n) is 6.33. The summed E-state index contributed by atoms with van der Waals surface area (Å²) < 4.78 is 26.7. The zero-order chi connectivity index (χ0) is 20.7. The number of piperazine rings is 1. The molecule has 156 valence electrons. The molecule has 2 aromatic heterocycles. The Bertz CT molecular complexity index is 1040. The topological polar surface area (TPSA) is 48.0 Å². The van der Waals surface area contributed by atoms with Gasteiger partial charge in [0.2, 0.25) is 0 Å². The summed E-state index contributed by atoms with van der Waals surface area (Å²) in [6, 6.07) is 8.43. The molecule has 1 saturated heterocycles. The van der Waals surface area contributed by atoms with E-state index in [4.69, 9.17) is 0 Å². The molecule has 0 spiro atoms. The SMILES string of the molecule is CC(C1CC1)N1CCN(c2cc(-c3nc(-c4ccc(F)c(F)c4)c[nH]3)ccn2)CC1. The zero-order valence-electron chi connectivity index (χ0n) is 17.0. The van der Waals surface area contributed by atoms with Gasteiger partial charge < -0.3 is 9.88 Å². The number of hydrogen-bond donors (Lipinski definition) is 1. The van der Waals surface area contributed by atoms with Gasteiger partial charge in [0.25, 0.3) is 0 Å². The van der Waals surface area contributed by atoms with Gasteiger partial charge in [-0.1, -0.05) is 0 Å². The van der Waals surface area contributed by atoms with E-state index in [2.05, 4.69) is 31.7 Å². The molecule has 3 aromatic rings. The number of H-pyrrole nitrogens is 1. The number of nitrogens with one attached hydrogen (secondary N) is 1. The van der Waals surface area contributed by atoms with Crippen LogP contribution in [0.4, 0.5) is 14.6 Å². The Morgan fingerprint density at radius 3 is 2.53 bits per heavy atom. The van der Waals surface area contributed by atoms with Crippen LogP contribution in [0.2, 0.25) is 0 Å². The van der Waals surface area contributed by atoms with Gasteiger partial charge in [-0.2, -0.15) is 0 Å². The smallest absolute Gasteiger partial charge is 0.159 e. The summed E-state index contributed by atoms with van der Waals surface area (Å²) in [6.45, 7) is 6.40. The molecule has 1 unspecified atom stereocenters. The fourth-order valence-corrected chi connectivity index (χ4v) is 4.25. The molecule has 5 rings (SSSR count). The van der Waals surface area contributed by atoms with Crippen LogP contribution in [0.15, 0.2) is 42.7 Å². The minimum Gasteiger partial charge on any atom is -0.354 e. The molecule has 2 aliphatic rings. The van der Waals surface area contributed by atoms with Crippen LogP contribution in [0, 0.1) is 17.6 Å². The van der Waals surface area contributed by atoms with Crippen molar-refractivity contribution < 1.29 is 8.78 Å². The summed E-state index contributed by atoms with van der Waals surface area (Å²) in [7, 11) is 0. The number of nitrogens with zero attached hydrogens (tertiary/aromatic N) is 4. The van der Waals surface area contributed by atoms with Crippen LogP contribution in [0.5, 0.6) is 0 Å². The predicted octanol–water partition coefficient (Wildman–Crippen LogP) is 4.34. The van der Waals surface area contributed by atoms with Crippen molar-refractivity contribution in [2.45, 2.75) is 25.8 Å². The molecule has 1 aromatic carbocycles. The Labute approximate surface area is 174 Å². The van der Waals surface area contributed by atoms with Crippen LogP contribution in [-0.2, 0) is 0 Å². The number of imidazole rings is 1. The summed E-state index contributed by atoms with van der Waals surface area (Å²) in [6.07, 6.45) is 6.26. The van der Waals surface area contributed by atoms with E-state index in [-0.39, 0.29) is 0 Å². The predicted molar refractivity (Wildman–Crippen MR) is 113 cm³/mol. The van der Waals surface area contributed by atoms with E-state index in [9.17, 15) is 8.78 Å². The number of hydrogen-bond acceptors (Lipinski definition) is 4. The molecule has 1 aliphatic heterocycles. The lowest BCUT2D eigenvalue weighted by molar-refractivity contribution is 0.179. The summed E-state index contributed by atoms with van der Waals surface area (Å²) in [5.41, 5.74) is 2.03. The molecule has 1 atom stereocenters. The van der Waals surface area contributed by atoms with Crippen molar-refractivity contribution in [2.75, 3.05) is 31.1 Å². The first-order chi connectivity index (χ1) is 14.6. The van der Waals surface area contributed by atoms with E-state index >= 15 is 0 Å². The van der Waals surface area contributed by atoms with Crippen molar-refractivity contribution in [1.82, 2.24) is 19.9 Å². The van der Waals surface area contributed by atoms with Crippen LogP contribution < -0.4 is 4.90 Å². The highest BCUT2D eigenvalue weighted by Crippen LogP contribution is 2.35. The molecular formula is C23H25F2N5. The van der Waals surface area contributed by atoms with Gasteiger partial charge >= 0.3 is 0 Å². The summed E-state index contributed by atoms with van der Waals surface area (Å²) in [5.74, 6) is 0.774. The fraction of sp³-hybridized carbons (Fsp3) is 0.391. The molecule has 1 N–H and O–H groups in total. The highest BCUT2D eigenvalue weighted by atomic mass is 19.2. The van der Waals surface area contributed by atoms with Crippen LogP contribution in [0.1, 0.15) is 19.8 Å². The maximum absolute atomic E-state index is 13.5. The van der Waals surface area contributed by atoms with Gasteiger partial charge in [0.1, 0.15) is 11.6 Å². The lowest BCUT2D eigenvalue weighted by atomic mass is 10.1. The summed E-state index contributed by atoms with van der Waals surface area (Å²) >= 11 is 0. The number of anilines is 1. The van der Waals surface area contributed by atoms with Crippen molar-refractivity contribution in [3.05, 3.63) is 54.4 Å². The van der Waals surface area contributed by atoms with E-state index in [1.54, 1.807) is 12.4 Å². The highest BCUT2D eigenvalue weighted by molar-refractivity contribution is 5.66. The normalized spacial score (nSPS) is 18.6. The third kappa shape index (κ3) is 3.81. The molecule has 0 radical (unpaired) electrons. The number of halogens is 2. The van der Waals surface area contributed by atoms with E-state index in [0.717, 1.165) is 55.6 Å². The molecule has 7 heteroatoms. The lowest BCUT2D eigenvalue weighted by Gasteiger charge is -2.38. The molecule has 0 bridgehead atoms. The number of rotatable bonds is 5. The second-order valence-corrected chi connectivity index (χ2v) is 8.27. The molecule has 1 aliphatic carbocycles. The van der Waals surface area contributed by atoms with Gasteiger partial charge in [-0.3, -0.25) is 4.90 Å². The quantitative estimate of drug-likeness (QED) is 0.681. The highest BCUT2D eigenvalue weighted by Gasteiger charge is 2.33. The van der Waals surface area contributed by atoms with Crippen molar-refractivity contribution in [3.8, 4) is 22.6 Å². The minimum atomic E-state index is -0.876. The summed E-state index contributed by atoms with van der Waals surface area (Å²) in [4.78, 5) is 17.2. The van der Waals surface area contributed by atoms with Gasteiger partial charge in [0.05, 0.1) is 5.69 Å². The first-order valence-corrected chi connectivity index (χ1v) is 10.5. The number of pyridine rings is 1. The third-order valence-corrected chi connectivity index (χ3v) is 6.33. The molecule has 0 amide bonds. The monoisotopic (exact) mass is 409 g/mol. The van der Waals surface area contributed by atoms with Crippen LogP contribution in [0.3, 0.4) is 0 Å². The van der Waals surface area contributed by atoms with Crippen LogP contribution in [0.25, 0.3) is 22.6 Å². The zero-order valence-corrected chi connectivity index (χ0v) is 17.0. The molecule has 3 heterocycles. The van der Waals surface area contributed by atoms with E-state index in [1.807, 2.05) is 12.1 Å². The molecule has 5 nitrogen and oxygen atoms in total. The first-order valence-electron chi connectivity index (χ1n) is 10.5. The Kier molecular flexibility index (Phi) is 4.98. The first kappa shape index (κ1) is 19.2. The van der Waals surface area contributed by atoms with Crippen molar-refractivity contribution in [1.29, 1.82) is 0 Å². The lowest BCUT2D eigenvalue weighted by Crippen LogP contribution is -2.50. The van der Waals surface area contributed by atoms with Crippen LogP contribution in [-0.4, -0.2) is 52.1 Å². The second-order valence-electron chi connectivity index (χ2n) is 8.27. The van der Waals surface area contributed by atoms with Crippen LogP contribution >= 0.6 is 0 Å². The largest absolute Gasteiger partial charge is 0.354 e. The summed E-state index contributed by atoms with van der Waals surface area (Å²) in [5, 5.41) is 0. The average Bonchev–Trinajstić information content (AvgIpc) is 3.51. The minimum absolute atomic E-state index is 0.534. The van der Waals surface area contributed by atoms with Crippen molar-refractivity contribution >= 4 is 5.82 Å². The van der Waals surface area contributed by atoms with E-state index < -0.39 is 11.6 Å². The Morgan fingerprint density at radius 1 is 1.00 bits per heavy atom. The van der Waals surface area contributed by atoms with Gasteiger partial charge in [-0.05, 0) is 56.0 Å². The maximum atomic E-state index is 13.5. The number of benzene rings is 1. The average molecular weight is 409 g/mol. The molecule has 30 heavy (non-hydrogen) atoms. The molecular weight excluding hydrogens is 384 g/mol. The second kappa shape index (κ2) is 7.80. The van der Waals surface area contributed by atoms with E-state index in [0.29, 0.717) is 23.1 Å². The molecule has 1 saturated carbocycles. The fourth-order valence-electron chi connectivity index (χ4n) is 4.25. The number of aromatic nitrogens is 3. The standard InChI is InChI=1S/C23H25F2N5/c1-15(16-2-3-16)29-8-10-30(11-9-29)22-13-18(6-7-26-22)23-27-14-21(28-23)17-4-5-19(24)20(25)12-17/h4-7,12-16H,2-3,8-11H2,1H3,(H,27,28). The van der Waals surface area contributed by atoms with Gasteiger partial charge in [0.15, 0.2) is 11.6 Å². The Morgan fingerprint density at radius 2 is 1.80 bits per heavy atom. The van der Waals surface area contributed by atoms with E-state index in [1.165, 1.54) is 18.9 Å². The van der Waals surface area contributed by atoms with Gasteiger partial charge in [0, 0.05) is 55.7 Å². The maximum Gasteiger partial charge on any atom is 0.159 e. The van der Waals surface area contributed by atoms with Crippen molar-refractivity contribution in [2.24, 2.45) is 5.92 Å². The Balaban J connectivity index is 1.31. The van der Waals surface area contributed by atoms with Crippen molar-refractivity contribution in [3.63, 3.8) is 0 Å². The van der Waals surface area contributed by atoms with Gasteiger partial charge in [-0.15, -0.1) is 0 Å². The molecule has 2 fully saturated rings. The number of aromatic amines is 1. The Hall–Kier alpha value is -2.80.